The summed E-state index contributed by atoms with van der Waals surface area (Å²) in [7, 11) is -7.74. The highest BCUT2D eigenvalue weighted by Gasteiger charge is 2.33. The highest BCUT2D eigenvalue weighted by Crippen LogP contribution is 2.15. The second kappa shape index (κ2) is 11.2. The van der Waals surface area contributed by atoms with Gasteiger partial charge in [-0.05, 0) is 12.0 Å². The number of hydrogen-bond acceptors (Lipinski definition) is 11. The maximum Gasteiger partial charge on any atom is 0.330 e. The average molecular weight is 484 g/mol. The Morgan fingerprint density at radius 2 is 1.37 bits per heavy atom. The van der Waals surface area contributed by atoms with E-state index in [1.165, 1.54) is 5.41 Å². The molecule has 0 N–H and O–H groups in total. The van der Waals surface area contributed by atoms with Gasteiger partial charge in [-0.25, -0.2) is 16.8 Å². The van der Waals surface area contributed by atoms with Crippen LogP contribution < -0.4 is 0 Å². The van der Waals surface area contributed by atoms with Crippen molar-refractivity contribution in [1.82, 2.24) is 14.9 Å². The number of carbonyl (C=O) groups excluding carboxylic acids is 2. The molecular weight excluding hydrogens is 462 g/mol. The Morgan fingerprint density at radius 3 is 1.77 bits per heavy atom. The maximum absolute atomic E-state index is 12.4. The molecule has 0 aromatic carbocycles. The van der Waals surface area contributed by atoms with Crippen LogP contribution in [0.2, 0.25) is 0 Å². The second-order valence-electron chi connectivity index (χ2n) is 5.60. The summed E-state index contributed by atoms with van der Waals surface area (Å²) in [6.07, 6.45) is 0. The van der Waals surface area contributed by atoms with Crippen molar-refractivity contribution in [3.05, 3.63) is 48.5 Å². The number of carbonyl (C=O) groups is 2. The van der Waals surface area contributed by atoms with Gasteiger partial charge in [0, 0.05) is 10.8 Å². The van der Waals surface area contributed by atoms with Crippen molar-refractivity contribution in [2.24, 2.45) is 0 Å². The van der Waals surface area contributed by atoms with Crippen molar-refractivity contribution in [1.29, 1.82) is 0 Å². The topological polar surface area (TPSA) is 140 Å². The molecule has 1 heterocycles. The van der Waals surface area contributed by atoms with Gasteiger partial charge in [-0.15, -0.1) is 9.40 Å². The number of nitrogens with zero attached hydrogens (tertiary/aromatic N) is 3. The average Bonchev–Trinajstić information content (AvgIpc) is 2.67. The molecule has 0 unspecified atom stereocenters. The summed E-state index contributed by atoms with van der Waals surface area (Å²) in [6.45, 7) is 12.1. The molecule has 1 saturated heterocycles. The predicted octanol–water partition coefficient (Wildman–Crippen LogP) is 0.0910. The molecular formula is C15H21N3O9S3. The zero-order valence-corrected chi connectivity index (χ0v) is 18.3. The number of hydrogen-bond donors (Lipinski definition) is 0. The van der Waals surface area contributed by atoms with Crippen LogP contribution in [0.1, 0.15) is 0 Å². The van der Waals surface area contributed by atoms with Crippen molar-refractivity contribution >= 4 is 43.5 Å². The molecule has 0 aromatic heterocycles. The summed E-state index contributed by atoms with van der Waals surface area (Å²) in [4.78, 5) is 36.6. The predicted molar refractivity (Wildman–Crippen MR) is 108 cm³/mol. The van der Waals surface area contributed by atoms with E-state index in [-0.39, 0.29) is 26.0 Å². The first-order valence-electron chi connectivity index (χ1n) is 7.91. The van der Waals surface area contributed by atoms with E-state index in [1.807, 2.05) is 0 Å². The van der Waals surface area contributed by atoms with Crippen molar-refractivity contribution in [3.8, 4) is 0 Å². The molecule has 15 heteroatoms. The molecule has 30 heavy (non-hydrogen) atoms. The standard InChI is InChI=1S/C15H21N3O9S3/c1-5-28-27-26-13(4)25-18-11-16(14(19)8-29(21,22)6-2)10-17(12-18)15(20)9-30(23,24)7-3/h5-7H,1-4,8-12H2. The molecule has 0 bridgehead atoms. The normalized spacial score (nSPS) is 15.2. The Labute approximate surface area is 178 Å². The fourth-order valence-corrected chi connectivity index (χ4v) is 3.44. The zero-order valence-electron chi connectivity index (χ0n) is 15.8. The fraction of sp³-hybridized carbons (Fsp3) is 0.333. The van der Waals surface area contributed by atoms with Gasteiger partial charge >= 0.3 is 5.95 Å². The third-order valence-electron chi connectivity index (χ3n) is 3.33. The van der Waals surface area contributed by atoms with E-state index in [9.17, 15) is 26.4 Å². The van der Waals surface area contributed by atoms with Crippen molar-refractivity contribution < 1.29 is 40.5 Å². The van der Waals surface area contributed by atoms with Crippen LogP contribution in [0.25, 0.3) is 0 Å². The van der Waals surface area contributed by atoms with Crippen molar-refractivity contribution in [2.45, 2.75) is 0 Å². The zero-order chi connectivity index (χ0) is 22.9. The van der Waals surface area contributed by atoms with E-state index in [1.54, 1.807) is 0 Å². The fourth-order valence-electron chi connectivity index (χ4n) is 1.98. The monoisotopic (exact) mass is 483 g/mol. The molecule has 0 spiro atoms. The SMILES string of the molecule is C=CSOOC(=C)ON1CN(C(=O)CS(=O)(=O)C=C)CN(C(=O)CS(=O)(=O)C=C)C1. The van der Waals surface area contributed by atoms with Gasteiger partial charge in [-0.2, -0.15) is 0 Å². The summed E-state index contributed by atoms with van der Waals surface area (Å²) in [5, 5.41) is 3.60. The van der Waals surface area contributed by atoms with Crippen LogP contribution in [0.5, 0.6) is 0 Å². The Hall–Kier alpha value is -2.33. The lowest BCUT2D eigenvalue weighted by molar-refractivity contribution is -0.282. The summed E-state index contributed by atoms with van der Waals surface area (Å²) >= 11 is 0.728. The van der Waals surface area contributed by atoms with Crippen LogP contribution in [-0.2, 0) is 43.3 Å². The number of amides is 2. The lowest BCUT2D eigenvalue weighted by Crippen LogP contribution is -2.59. The maximum atomic E-state index is 12.4. The Kier molecular flexibility index (Phi) is 9.57. The van der Waals surface area contributed by atoms with Gasteiger partial charge in [0.1, 0.15) is 24.8 Å². The first kappa shape index (κ1) is 25.7. The Bertz CT molecular complexity index is 855. The molecule has 0 radical (unpaired) electrons. The van der Waals surface area contributed by atoms with Gasteiger partial charge in [-0.3, -0.25) is 14.5 Å². The number of rotatable bonds is 12. The first-order chi connectivity index (χ1) is 13.9. The highest BCUT2D eigenvalue weighted by atomic mass is 32.2. The minimum Gasteiger partial charge on any atom is -0.362 e. The van der Waals surface area contributed by atoms with Gasteiger partial charge < -0.3 is 14.6 Å². The van der Waals surface area contributed by atoms with Crippen molar-refractivity contribution in [3.63, 3.8) is 0 Å². The number of hydroxylamine groups is 2. The Balaban J connectivity index is 2.97. The third-order valence-corrected chi connectivity index (χ3v) is 5.92. The van der Waals surface area contributed by atoms with Gasteiger partial charge in [0.05, 0.1) is 18.7 Å². The molecule has 0 saturated carbocycles. The summed E-state index contributed by atoms with van der Waals surface area (Å²) in [5.41, 5.74) is 0. The van der Waals surface area contributed by atoms with E-state index in [0.717, 1.165) is 26.9 Å². The van der Waals surface area contributed by atoms with Crippen LogP contribution in [-0.4, -0.2) is 75.0 Å². The summed E-state index contributed by atoms with van der Waals surface area (Å²) < 4.78 is 51.2. The molecule has 0 atom stereocenters. The molecule has 1 fully saturated rings. The lowest BCUT2D eigenvalue weighted by Gasteiger charge is -2.40. The minimum atomic E-state index is -3.87. The molecule has 1 aliphatic rings. The lowest BCUT2D eigenvalue weighted by atomic mass is 10.5. The molecule has 0 aromatic rings. The summed E-state index contributed by atoms with van der Waals surface area (Å²) in [6, 6.07) is 0. The minimum absolute atomic E-state index is 0.277. The van der Waals surface area contributed by atoms with Crippen LogP contribution in [0.4, 0.5) is 0 Å². The molecule has 2 amide bonds. The van der Waals surface area contributed by atoms with Gasteiger partial charge in [0.2, 0.25) is 11.8 Å². The highest BCUT2D eigenvalue weighted by molar-refractivity contribution is 7.97. The molecule has 0 aliphatic carbocycles. The van der Waals surface area contributed by atoms with E-state index < -0.39 is 43.0 Å². The van der Waals surface area contributed by atoms with E-state index in [4.69, 9.17) is 4.84 Å². The molecule has 12 nitrogen and oxygen atoms in total. The molecule has 1 rings (SSSR count). The number of sulfone groups is 2. The van der Waals surface area contributed by atoms with E-state index in [2.05, 4.69) is 35.5 Å². The smallest absolute Gasteiger partial charge is 0.330 e. The van der Waals surface area contributed by atoms with Crippen LogP contribution in [0.3, 0.4) is 0 Å². The molecule has 168 valence electrons. The third kappa shape index (κ3) is 8.58. The molecule has 1 aliphatic heterocycles. The van der Waals surface area contributed by atoms with Crippen molar-refractivity contribution in [2.75, 3.05) is 31.5 Å². The summed E-state index contributed by atoms with van der Waals surface area (Å²) in [5.74, 6) is -3.89. The largest absolute Gasteiger partial charge is 0.362 e. The van der Waals surface area contributed by atoms with E-state index in [0.29, 0.717) is 10.8 Å². The first-order valence-corrected chi connectivity index (χ1v) is 12.1. The van der Waals surface area contributed by atoms with E-state index >= 15 is 0 Å². The Morgan fingerprint density at radius 1 is 0.900 bits per heavy atom. The van der Waals surface area contributed by atoms with Crippen LogP contribution >= 0.6 is 12.0 Å². The van der Waals surface area contributed by atoms with Gasteiger partial charge in [-0.1, -0.05) is 19.7 Å². The second-order valence-corrected chi connectivity index (χ2v) is 10.2. The van der Waals surface area contributed by atoms with Crippen LogP contribution in [0.15, 0.2) is 48.5 Å². The van der Waals surface area contributed by atoms with Gasteiger partial charge in [0.25, 0.3) is 0 Å². The quantitative estimate of drug-likeness (QED) is 0.123. The van der Waals surface area contributed by atoms with Crippen LogP contribution in [0, 0.1) is 0 Å². The van der Waals surface area contributed by atoms with Gasteiger partial charge in [0.15, 0.2) is 19.7 Å².